The Hall–Kier alpha value is -2.14. The van der Waals surface area contributed by atoms with Crippen LogP contribution in [0.4, 0.5) is 0 Å². The van der Waals surface area contributed by atoms with E-state index in [9.17, 15) is 4.79 Å². The zero-order valence-electron chi connectivity index (χ0n) is 13.6. The Morgan fingerprint density at radius 3 is 2.91 bits per heavy atom. The van der Waals surface area contributed by atoms with Gasteiger partial charge in [0.05, 0.1) is 23.7 Å². The van der Waals surface area contributed by atoms with Crippen LogP contribution in [0, 0.1) is 6.92 Å². The first kappa shape index (κ1) is 14.5. The number of aromatic nitrogens is 3. The highest BCUT2D eigenvalue weighted by Gasteiger charge is 2.21. The molecule has 3 heterocycles. The second-order valence-electron chi connectivity index (χ2n) is 6.20. The Bertz CT molecular complexity index is 933. The van der Waals surface area contributed by atoms with Crippen LogP contribution in [0.1, 0.15) is 31.0 Å². The fourth-order valence-corrected chi connectivity index (χ4v) is 3.61. The molecule has 1 aromatic carbocycles. The molecule has 0 aliphatic carbocycles. The predicted molar refractivity (Wildman–Crippen MR) is 90.0 cm³/mol. The van der Waals surface area contributed by atoms with Gasteiger partial charge in [-0.15, -0.1) is 0 Å². The number of hydrogen-bond acceptors (Lipinski definition) is 3. The molecule has 1 aliphatic heterocycles. The number of imidazole rings is 1. The van der Waals surface area contributed by atoms with Crippen molar-refractivity contribution in [3.05, 3.63) is 45.9 Å². The minimum absolute atomic E-state index is 0.0530. The summed E-state index contributed by atoms with van der Waals surface area (Å²) in [5, 5.41) is 0. The van der Waals surface area contributed by atoms with Gasteiger partial charge in [-0.05, 0) is 38.3 Å². The molecule has 0 radical (unpaired) electrons. The van der Waals surface area contributed by atoms with E-state index in [-0.39, 0.29) is 11.7 Å². The van der Waals surface area contributed by atoms with Crippen molar-refractivity contribution in [1.29, 1.82) is 0 Å². The topological polar surface area (TPSA) is 48.5 Å². The van der Waals surface area contributed by atoms with Gasteiger partial charge in [-0.1, -0.05) is 19.1 Å². The third kappa shape index (κ3) is 2.18. The summed E-state index contributed by atoms with van der Waals surface area (Å²) < 4.78 is 9.73. The lowest BCUT2D eigenvalue weighted by atomic mass is 10.1. The molecule has 5 heteroatoms. The lowest BCUT2D eigenvalue weighted by molar-refractivity contribution is 0.0969. The average molecular weight is 311 g/mol. The highest BCUT2D eigenvalue weighted by atomic mass is 16.5. The highest BCUT2D eigenvalue weighted by molar-refractivity contribution is 5.79. The molecule has 120 valence electrons. The molecule has 23 heavy (non-hydrogen) atoms. The summed E-state index contributed by atoms with van der Waals surface area (Å²) in [6.45, 7) is 5.64. The van der Waals surface area contributed by atoms with Crippen LogP contribution < -0.4 is 5.56 Å². The zero-order chi connectivity index (χ0) is 16.0. The molecule has 3 aromatic rings. The fraction of sp³-hybridized carbons (Fsp3) is 0.444. The van der Waals surface area contributed by atoms with Crippen molar-refractivity contribution in [2.24, 2.45) is 0 Å². The summed E-state index contributed by atoms with van der Waals surface area (Å²) in [4.78, 5) is 17.6. The maximum atomic E-state index is 12.9. The monoisotopic (exact) mass is 311 g/mol. The van der Waals surface area contributed by atoms with E-state index in [2.05, 4.69) is 4.57 Å². The van der Waals surface area contributed by atoms with E-state index < -0.39 is 0 Å². The van der Waals surface area contributed by atoms with Crippen molar-refractivity contribution in [3.8, 4) is 0 Å². The molecule has 1 fully saturated rings. The lowest BCUT2D eigenvalue weighted by Crippen LogP contribution is -2.27. The van der Waals surface area contributed by atoms with Crippen molar-refractivity contribution < 1.29 is 4.74 Å². The molecular formula is C18H21N3O2. The van der Waals surface area contributed by atoms with Gasteiger partial charge in [0.2, 0.25) is 5.78 Å². The van der Waals surface area contributed by atoms with Crippen LogP contribution in [-0.2, 0) is 17.7 Å². The maximum Gasteiger partial charge on any atom is 0.262 e. The van der Waals surface area contributed by atoms with E-state index in [1.54, 1.807) is 4.40 Å². The first-order valence-corrected chi connectivity index (χ1v) is 8.31. The summed E-state index contributed by atoms with van der Waals surface area (Å²) >= 11 is 0. The third-order valence-corrected chi connectivity index (χ3v) is 4.85. The molecular weight excluding hydrogens is 290 g/mol. The van der Waals surface area contributed by atoms with Crippen LogP contribution in [0.2, 0.25) is 0 Å². The van der Waals surface area contributed by atoms with Gasteiger partial charge in [0, 0.05) is 17.9 Å². The number of fused-ring (bicyclic) bond motifs is 3. The van der Waals surface area contributed by atoms with Gasteiger partial charge < -0.3 is 9.30 Å². The first-order valence-electron chi connectivity index (χ1n) is 8.31. The van der Waals surface area contributed by atoms with Gasteiger partial charge in [0.1, 0.15) is 0 Å². The number of ether oxygens (including phenoxy) is 1. The van der Waals surface area contributed by atoms with E-state index >= 15 is 0 Å². The Kier molecular flexibility index (Phi) is 3.45. The zero-order valence-corrected chi connectivity index (χ0v) is 13.6. The Balaban J connectivity index is 2.04. The third-order valence-electron chi connectivity index (χ3n) is 4.85. The molecule has 1 saturated heterocycles. The van der Waals surface area contributed by atoms with Crippen molar-refractivity contribution in [3.63, 3.8) is 0 Å². The maximum absolute atomic E-state index is 12.9. The van der Waals surface area contributed by atoms with Gasteiger partial charge in [0.25, 0.3) is 5.56 Å². The summed E-state index contributed by atoms with van der Waals surface area (Å²) in [5.74, 6) is 0.724. The van der Waals surface area contributed by atoms with Gasteiger partial charge in [0.15, 0.2) is 0 Å². The average Bonchev–Trinajstić information content (AvgIpc) is 3.19. The predicted octanol–water partition coefficient (Wildman–Crippen LogP) is 2.70. The van der Waals surface area contributed by atoms with E-state index in [4.69, 9.17) is 9.72 Å². The highest BCUT2D eigenvalue weighted by Crippen LogP contribution is 2.21. The second kappa shape index (κ2) is 5.49. The van der Waals surface area contributed by atoms with Crippen molar-refractivity contribution in [2.75, 3.05) is 6.61 Å². The van der Waals surface area contributed by atoms with Crippen LogP contribution in [0.15, 0.2) is 29.1 Å². The minimum Gasteiger partial charge on any atom is -0.376 e. The first-order chi connectivity index (χ1) is 11.2. The Morgan fingerprint density at radius 1 is 1.35 bits per heavy atom. The van der Waals surface area contributed by atoms with Crippen molar-refractivity contribution in [2.45, 2.75) is 45.8 Å². The number of hydrogen-bond donors (Lipinski definition) is 0. The van der Waals surface area contributed by atoms with Crippen LogP contribution in [0.25, 0.3) is 16.8 Å². The Labute approximate surface area is 134 Å². The van der Waals surface area contributed by atoms with E-state index in [1.165, 1.54) is 0 Å². The molecule has 0 amide bonds. The summed E-state index contributed by atoms with van der Waals surface area (Å²) in [7, 11) is 0. The van der Waals surface area contributed by atoms with Crippen LogP contribution in [0.5, 0.6) is 0 Å². The molecule has 5 nitrogen and oxygen atoms in total. The largest absolute Gasteiger partial charge is 0.376 e. The summed E-state index contributed by atoms with van der Waals surface area (Å²) in [6.07, 6.45) is 3.11. The molecule has 0 N–H and O–H groups in total. The minimum atomic E-state index is 0.0530. The molecule has 1 aliphatic rings. The van der Waals surface area contributed by atoms with Crippen LogP contribution >= 0.6 is 0 Å². The van der Waals surface area contributed by atoms with Gasteiger partial charge in [-0.25, -0.2) is 9.38 Å². The second-order valence-corrected chi connectivity index (χ2v) is 6.20. The van der Waals surface area contributed by atoms with Crippen LogP contribution in [0.3, 0.4) is 0 Å². The smallest absolute Gasteiger partial charge is 0.262 e. The summed E-state index contributed by atoms with van der Waals surface area (Å²) in [5.41, 5.74) is 3.66. The quantitative estimate of drug-likeness (QED) is 0.747. The van der Waals surface area contributed by atoms with Crippen LogP contribution in [-0.4, -0.2) is 26.7 Å². The van der Waals surface area contributed by atoms with E-state index in [1.807, 2.05) is 38.1 Å². The molecule has 0 saturated carbocycles. The van der Waals surface area contributed by atoms with Gasteiger partial charge in [-0.3, -0.25) is 4.79 Å². The standard InChI is InChI=1S/C18H21N3O2/c1-3-14-12(2)20(11-13-7-6-10-23-13)18-19-15-8-4-5-9-16(15)21(18)17(14)22/h4-5,8-9,13H,3,6-7,10-11H2,1-2H3/t13-/m1/s1. The van der Waals surface area contributed by atoms with E-state index in [0.29, 0.717) is 0 Å². The lowest BCUT2D eigenvalue weighted by Gasteiger charge is -2.18. The van der Waals surface area contributed by atoms with Gasteiger partial charge >= 0.3 is 0 Å². The number of para-hydroxylation sites is 2. The number of nitrogens with zero attached hydrogens (tertiary/aromatic N) is 3. The molecule has 0 unspecified atom stereocenters. The molecule has 1 atom stereocenters. The number of rotatable bonds is 3. The molecule has 2 aromatic heterocycles. The van der Waals surface area contributed by atoms with Crippen molar-refractivity contribution >= 4 is 16.8 Å². The van der Waals surface area contributed by atoms with Crippen molar-refractivity contribution in [1.82, 2.24) is 14.0 Å². The summed E-state index contributed by atoms with van der Waals surface area (Å²) in [6, 6.07) is 7.82. The normalized spacial score (nSPS) is 18.3. The fourth-order valence-electron chi connectivity index (χ4n) is 3.61. The number of benzene rings is 1. The SMILES string of the molecule is CCc1c(C)n(C[C@H]2CCCO2)c2nc3ccccc3n2c1=O. The molecule has 0 spiro atoms. The van der Waals surface area contributed by atoms with E-state index in [0.717, 1.165) is 60.5 Å². The molecule has 4 rings (SSSR count). The Morgan fingerprint density at radius 2 is 2.17 bits per heavy atom. The molecule has 0 bridgehead atoms. The van der Waals surface area contributed by atoms with Gasteiger partial charge in [-0.2, -0.15) is 0 Å².